The second kappa shape index (κ2) is 5.61. The minimum atomic E-state index is 0.219. The first kappa shape index (κ1) is 13.1. The van der Waals surface area contributed by atoms with Gasteiger partial charge in [0.25, 0.3) is 5.91 Å². The van der Waals surface area contributed by atoms with Crippen LogP contribution in [0.4, 0.5) is 0 Å². The summed E-state index contributed by atoms with van der Waals surface area (Å²) >= 11 is 1.64. The zero-order valence-electron chi connectivity index (χ0n) is 11.4. The van der Waals surface area contributed by atoms with Crippen molar-refractivity contribution in [3.63, 3.8) is 0 Å². The van der Waals surface area contributed by atoms with Gasteiger partial charge in [0.15, 0.2) is 0 Å². The van der Waals surface area contributed by atoms with Crippen LogP contribution in [0.1, 0.15) is 21.5 Å². The van der Waals surface area contributed by atoms with Gasteiger partial charge in [-0.05, 0) is 18.6 Å². The van der Waals surface area contributed by atoms with Crippen LogP contribution in [0.5, 0.6) is 0 Å². The Labute approximate surface area is 118 Å². The topological polar surface area (TPSA) is 35.6 Å². The van der Waals surface area contributed by atoms with E-state index in [1.807, 2.05) is 11.0 Å². The highest BCUT2D eigenvalue weighted by Crippen LogP contribution is 2.23. The van der Waals surface area contributed by atoms with Gasteiger partial charge in [0, 0.05) is 50.2 Å². The van der Waals surface area contributed by atoms with E-state index in [0.29, 0.717) is 6.04 Å². The third-order valence-corrected chi connectivity index (χ3v) is 5.26. The van der Waals surface area contributed by atoms with Crippen LogP contribution in [0, 0.1) is 0 Å². The Morgan fingerprint density at radius 1 is 1.37 bits per heavy atom. The molecule has 1 N–H and O–H groups in total. The molecule has 1 amide bonds. The quantitative estimate of drug-likeness (QED) is 0.898. The predicted molar refractivity (Wildman–Crippen MR) is 77.8 cm³/mol. The molecule has 1 aromatic heterocycles. The van der Waals surface area contributed by atoms with Crippen LogP contribution in [-0.2, 0) is 6.42 Å². The van der Waals surface area contributed by atoms with Gasteiger partial charge in [-0.2, -0.15) is 0 Å². The molecule has 0 aromatic carbocycles. The molecule has 0 bridgehead atoms. The van der Waals surface area contributed by atoms with Crippen molar-refractivity contribution in [1.29, 1.82) is 0 Å². The zero-order valence-corrected chi connectivity index (χ0v) is 12.2. The van der Waals surface area contributed by atoms with E-state index in [2.05, 4.69) is 23.2 Å². The van der Waals surface area contributed by atoms with Crippen LogP contribution >= 0.6 is 11.3 Å². The number of hydrogen-bond acceptors (Lipinski definition) is 4. The summed E-state index contributed by atoms with van der Waals surface area (Å²) in [6.07, 6.45) is 1.02. The van der Waals surface area contributed by atoms with Gasteiger partial charge >= 0.3 is 0 Å². The molecular weight excluding hydrogens is 258 g/mol. The number of aryl methyl sites for hydroxylation is 1. The SMILES string of the molecule is CCc1ccc(C(=O)N2CC(N3CCNCC3)C2)s1. The molecule has 0 atom stereocenters. The van der Waals surface area contributed by atoms with Crippen LogP contribution < -0.4 is 5.32 Å². The lowest BCUT2D eigenvalue weighted by molar-refractivity contribution is 0.0231. The van der Waals surface area contributed by atoms with Crippen molar-refractivity contribution in [3.8, 4) is 0 Å². The van der Waals surface area contributed by atoms with Gasteiger partial charge in [-0.15, -0.1) is 11.3 Å². The van der Waals surface area contributed by atoms with Crippen LogP contribution in [0.25, 0.3) is 0 Å². The third-order valence-electron chi connectivity index (χ3n) is 4.04. The standard InChI is InChI=1S/C14H21N3OS/c1-2-12-3-4-13(19-12)14(18)17-9-11(10-17)16-7-5-15-6-8-16/h3-4,11,15H,2,5-10H2,1H3. The Kier molecular flexibility index (Phi) is 3.86. The molecule has 0 unspecified atom stereocenters. The minimum absolute atomic E-state index is 0.219. The van der Waals surface area contributed by atoms with E-state index in [4.69, 9.17) is 0 Å². The van der Waals surface area contributed by atoms with Gasteiger partial charge in [-0.3, -0.25) is 9.69 Å². The van der Waals surface area contributed by atoms with Crippen molar-refractivity contribution in [1.82, 2.24) is 15.1 Å². The molecule has 1 aromatic rings. The van der Waals surface area contributed by atoms with Gasteiger partial charge in [0.05, 0.1) is 4.88 Å². The lowest BCUT2D eigenvalue weighted by Gasteiger charge is -2.46. The molecule has 5 heteroatoms. The van der Waals surface area contributed by atoms with E-state index >= 15 is 0 Å². The molecule has 4 nitrogen and oxygen atoms in total. The molecule has 104 valence electrons. The Balaban J connectivity index is 1.53. The van der Waals surface area contributed by atoms with E-state index in [-0.39, 0.29) is 5.91 Å². The molecule has 2 aliphatic rings. The van der Waals surface area contributed by atoms with Crippen molar-refractivity contribution < 1.29 is 4.79 Å². The normalized spacial score (nSPS) is 21.4. The summed E-state index contributed by atoms with van der Waals surface area (Å²) in [4.78, 5) is 19.0. The fourth-order valence-corrected chi connectivity index (χ4v) is 3.65. The number of carbonyl (C=O) groups excluding carboxylic acids is 1. The maximum atomic E-state index is 12.3. The van der Waals surface area contributed by atoms with Gasteiger partial charge in [0.2, 0.25) is 0 Å². The smallest absolute Gasteiger partial charge is 0.264 e. The number of nitrogens with zero attached hydrogens (tertiary/aromatic N) is 2. The number of likely N-dealkylation sites (tertiary alicyclic amines) is 1. The van der Waals surface area contributed by atoms with E-state index in [9.17, 15) is 4.79 Å². The number of thiophene rings is 1. The molecule has 2 aliphatic heterocycles. The van der Waals surface area contributed by atoms with Gasteiger partial charge < -0.3 is 10.2 Å². The highest BCUT2D eigenvalue weighted by atomic mass is 32.1. The minimum Gasteiger partial charge on any atom is -0.335 e. The van der Waals surface area contributed by atoms with Crippen molar-refractivity contribution >= 4 is 17.2 Å². The number of nitrogens with one attached hydrogen (secondary N) is 1. The summed E-state index contributed by atoms with van der Waals surface area (Å²) in [5.74, 6) is 0.219. The van der Waals surface area contributed by atoms with Gasteiger partial charge in [0.1, 0.15) is 0 Å². The summed E-state index contributed by atoms with van der Waals surface area (Å²) < 4.78 is 0. The molecular formula is C14H21N3OS. The maximum Gasteiger partial charge on any atom is 0.264 e. The lowest BCUT2D eigenvalue weighted by Crippen LogP contribution is -2.63. The summed E-state index contributed by atoms with van der Waals surface area (Å²) in [6, 6.07) is 4.63. The highest BCUT2D eigenvalue weighted by Gasteiger charge is 2.35. The first-order valence-corrected chi connectivity index (χ1v) is 7.92. The fraction of sp³-hybridized carbons (Fsp3) is 0.643. The van der Waals surface area contributed by atoms with Crippen molar-refractivity contribution in [2.75, 3.05) is 39.3 Å². The maximum absolute atomic E-state index is 12.3. The monoisotopic (exact) mass is 279 g/mol. The van der Waals surface area contributed by atoms with Crippen molar-refractivity contribution in [2.45, 2.75) is 19.4 Å². The summed E-state index contributed by atoms with van der Waals surface area (Å²) in [6.45, 7) is 8.32. The zero-order chi connectivity index (χ0) is 13.2. The summed E-state index contributed by atoms with van der Waals surface area (Å²) in [5.41, 5.74) is 0. The number of amides is 1. The summed E-state index contributed by atoms with van der Waals surface area (Å²) in [5, 5.41) is 3.37. The van der Waals surface area contributed by atoms with E-state index in [1.165, 1.54) is 4.88 Å². The second-order valence-corrected chi connectivity index (χ2v) is 6.44. The Hall–Kier alpha value is -0.910. The average molecular weight is 279 g/mol. The first-order chi connectivity index (χ1) is 9.28. The van der Waals surface area contributed by atoms with Crippen LogP contribution in [0.15, 0.2) is 12.1 Å². The Morgan fingerprint density at radius 3 is 2.74 bits per heavy atom. The molecule has 0 spiro atoms. The fourth-order valence-electron chi connectivity index (χ4n) is 2.74. The first-order valence-electron chi connectivity index (χ1n) is 7.10. The number of rotatable bonds is 3. The third kappa shape index (κ3) is 2.68. The number of carbonyl (C=O) groups is 1. The van der Waals surface area contributed by atoms with E-state index in [0.717, 1.165) is 50.6 Å². The van der Waals surface area contributed by atoms with Crippen molar-refractivity contribution in [2.24, 2.45) is 0 Å². The van der Waals surface area contributed by atoms with E-state index < -0.39 is 0 Å². The number of piperazine rings is 1. The van der Waals surface area contributed by atoms with Gasteiger partial charge in [-0.1, -0.05) is 6.92 Å². The Bertz CT molecular complexity index is 447. The molecule has 3 heterocycles. The van der Waals surface area contributed by atoms with E-state index in [1.54, 1.807) is 11.3 Å². The second-order valence-electron chi connectivity index (χ2n) is 5.27. The average Bonchev–Trinajstić information content (AvgIpc) is 2.87. The molecule has 2 saturated heterocycles. The summed E-state index contributed by atoms with van der Waals surface area (Å²) in [7, 11) is 0. The van der Waals surface area contributed by atoms with Crippen LogP contribution in [0.2, 0.25) is 0 Å². The molecule has 2 fully saturated rings. The molecule has 3 rings (SSSR count). The highest BCUT2D eigenvalue weighted by molar-refractivity contribution is 7.14. The molecule has 0 aliphatic carbocycles. The molecule has 0 saturated carbocycles. The lowest BCUT2D eigenvalue weighted by atomic mass is 10.1. The van der Waals surface area contributed by atoms with Crippen molar-refractivity contribution in [3.05, 3.63) is 21.9 Å². The van der Waals surface area contributed by atoms with Crippen LogP contribution in [-0.4, -0.2) is 61.0 Å². The Morgan fingerprint density at radius 2 is 2.11 bits per heavy atom. The molecule has 0 radical (unpaired) electrons. The number of hydrogen-bond donors (Lipinski definition) is 1. The van der Waals surface area contributed by atoms with Gasteiger partial charge in [-0.25, -0.2) is 0 Å². The van der Waals surface area contributed by atoms with Crippen LogP contribution in [0.3, 0.4) is 0 Å². The largest absolute Gasteiger partial charge is 0.335 e. The molecule has 19 heavy (non-hydrogen) atoms. The predicted octanol–water partition coefficient (Wildman–Crippen LogP) is 1.04.